The molecule has 2 N–H and O–H groups in total. The number of carbonyl (C=O) groups is 2. The third kappa shape index (κ3) is 13.2. The summed E-state index contributed by atoms with van der Waals surface area (Å²) >= 11 is 0. The standard InChI is InChI=1S/C25H35NO3/c1-2-3-4-5-6-7-8-9-10-11-12-13-14-15-16-17-24(27)26-23-20-18-22(19-21-23)25(28)29/h6-7,9-10,12-13,18-21H,2-5,8,11,14-17H2,1H3,(H,26,27)(H,28,29)/b7-6-,10-9-,13-12-. The Morgan fingerprint density at radius 3 is 1.93 bits per heavy atom. The Labute approximate surface area is 175 Å². The van der Waals surface area contributed by atoms with E-state index in [9.17, 15) is 9.59 Å². The number of carbonyl (C=O) groups excluding carboxylic acids is 1. The van der Waals surface area contributed by atoms with Crippen molar-refractivity contribution in [2.45, 2.75) is 71.1 Å². The van der Waals surface area contributed by atoms with Crippen LogP contribution in [0.2, 0.25) is 0 Å². The molecule has 0 atom stereocenters. The fourth-order valence-corrected chi connectivity index (χ4v) is 2.76. The van der Waals surface area contributed by atoms with Crippen molar-refractivity contribution >= 4 is 17.6 Å². The number of rotatable bonds is 15. The summed E-state index contributed by atoms with van der Waals surface area (Å²) in [5, 5.41) is 11.7. The molecule has 1 amide bonds. The number of unbranched alkanes of at least 4 members (excludes halogenated alkanes) is 5. The predicted octanol–water partition coefficient (Wildman–Crippen LogP) is 6.91. The third-order valence-electron chi connectivity index (χ3n) is 4.46. The van der Waals surface area contributed by atoms with Gasteiger partial charge in [0.25, 0.3) is 0 Å². The summed E-state index contributed by atoms with van der Waals surface area (Å²) in [5.41, 5.74) is 0.839. The van der Waals surface area contributed by atoms with Crippen LogP contribution in [0.1, 0.15) is 81.5 Å². The number of aromatic carboxylic acids is 1. The lowest BCUT2D eigenvalue weighted by Gasteiger charge is -2.05. The van der Waals surface area contributed by atoms with Crippen molar-refractivity contribution in [3.05, 3.63) is 66.3 Å². The zero-order valence-corrected chi connectivity index (χ0v) is 17.6. The Hall–Kier alpha value is -2.62. The van der Waals surface area contributed by atoms with Crippen molar-refractivity contribution < 1.29 is 14.7 Å². The first-order valence-corrected chi connectivity index (χ1v) is 10.7. The van der Waals surface area contributed by atoms with Crippen molar-refractivity contribution in [1.29, 1.82) is 0 Å². The number of hydrogen-bond acceptors (Lipinski definition) is 2. The molecule has 0 bridgehead atoms. The summed E-state index contributed by atoms with van der Waals surface area (Å²) in [7, 11) is 0. The van der Waals surface area contributed by atoms with Gasteiger partial charge in [0.15, 0.2) is 0 Å². The average Bonchev–Trinajstić information content (AvgIpc) is 2.71. The maximum Gasteiger partial charge on any atom is 0.335 e. The summed E-state index contributed by atoms with van der Waals surface area (Å²) in [4.78, 5) is 22.7. The summed E-state index contributed by atoms with van der Waals surface area (Å²) in [5.74, 6) is -1.01. The molecule has 1 aromatic rings. The van der Waals surface area contributed by atoms with Gasteiger partial charge in [-0.3, -0.25) is 4.79 Å². The number of anilines is 1. The first kappa shape index (κ1) is 24.4. The first-order valence-electron chi connectivity index (χ1n) is 10.7. The lowest BCUT2D eigenvalue weighted by molar-refractivity contribution is -0.116. The molecule has 0 unspecified atom stereocenters. The second-order valence-electron chi connectivity index (χ2n) is 7.06. The number of carboxylic acids is 1. The van der Waals surface area contributed by atoms with E-state index in [1.807, 2.05) is 0 Å². The summed E-state index contributed by atoms with van der Waals surface area (Å²) < 4.78 is 0. The lowest BCUT2D eigenvalue weighted by Crippen LogP contribution is -2.11. The molecule has 1 aromatic carbocycles. The molecule has 4 nitrogen and oxygen atoms in total. The van der Waals surface area contributed by atoms with Gasteiger partial charge in [-0.1, -0.05) is 56.2 Å². The van der Waals surface area contributed by atoms with Crippen molar-refractivity contribution in [1.82, 2.24) is 0 Å². The van der Waals surface area contributed by atoms with Crippen molar-refractivity contribution in [3.63, 3.8) is 0 Å². The zero-order valence-electron chi connectivity index (χ0n) is 17.6. The Bertz CT molecular complexity index is 672. The van der Waals surface area contributed by atoms with E-state index < -0.39 is 5.97 Å². The SMILES string of the molecule is CCCCC/C=C\C/C=C\C/C=C\CCCCC(=O)Nc1ccc(C(=O)O)cc1. The lowest BCUT2D eigenvalue weighted by atomic mass is 10.1. The molecule has 29 heavy (non-hydrogen) atoms. The molecule has 0 fully saturated rings. The van der Waals surface area contributed by atoms with Gasteiger partial charge in [-0.2, -0.15) is 0 Å². The van der Waals surface area contributed by atoms with Crippen LogP contribution in [0.25, 0.3) is 0 Å². The minimum Gasteiger partial charge on any atom is -0.478 e. The molecule has 0 spiro atoms. The van der Waals surface area contributed by atoms with Gasteiger partial charge >= 0.3 is 5.97 Å². The molecule has 0 heterocycles. The van der Waals surface area contributed by atoms with Gasteiger partial charge in [-0.15, -0.1) is 0 Å². The van der Waals surface area contributed by atoms with E-state index in [1.54, 1.807) is 12.1 Å². The highest BCUT2D eigenvalue weighted by Crippen LogP contribution is 2.11. The maximum atomic E-state index is 11.9. The van der Waals surface area contributed by atoms with E-state index in [0.717, 1.165) is 32.1 Å². The van der Waals surface area contributed by atoms with Crippen LogP contribution in [-0.2, 0) is 4.79 Å². The Kier molecular flexibility index (Phi) is 13.8. The van der Waals surface area contributed by atoms with Gasteiger partial charge in [0.1, 0.15) is 0 Å². The molecule has 1 rings (SSSR count). The van der Waals surface area contributed by atoms with Crippen LogP contribution < -0.4 is 5.32 Å². The van der Waals surface area contributed by atoms with E-state index >= 15 is 0 Å². The summed E-state index contributed by atoms with van der Waals surface area (Å²) in [6.07, 6.45) is 23.6. The highest BCUT2D eigenvalue weighted by atomic mass is 16.4. The van der Waals surface area contributed by atoms with Crippen LogP contribution in [0.5, 0.6) is 0 Å². The molecule has 4 heteroatoms. The normalized spacial score (nSPS) is 11.6. The smallest absolute Gasteiger partial charge is 0.335 e. The minimum absolute atomic E-state index is 0.0391. The molecule has 0 radical (unpaired) electrons. The molecule has 158 valence electrons. The number of allylic oxidation sites excluding steroid dienone is 6. The van der Waals surface area contributed by atoms with Gasteiger partial charge in [0, 0.05) is 12.1 Å². The molecule has 0 aliphatic rings. The van der Waals surface area contributed by atoms with E-state index in [0.29, 0.717) is 12.1 Å². The summed E-state index contributed by atoms with van der Waals surface area (Å²) in [6.45, 7) is 2.23. The number of nitrogens with one attached hydrogen (secondary N) is 1. The van der Waals surface area contributed by atoms with Gasteiger partial charge in [-0.25, -0.2) is 4.79 Å². The number of amides is 1. The van der Waals surface area contributed by atoms with Gasteiger partial charge < -0.3 is 10.4 Å². The van der Waals surface area contributed by atoms with Crippen molar-refractivity contribution in [2.75, 3.05) is 5.32 Å². The Morgan fingerprint density at radius 2 is 1.38 bits per heavy atom. The van der Waals surface area contributed by atoms with E-state index in [-0.39, 0.29) is 11.5 Å². The average molecular weight is 398 g/mol. The Balaban J connectivity index is 2.03. The molecule has 0 aliphatic carbocycles. The van der Waals surface area contributed by atoms with Crippen LogP contribution in [-0.4, -0.2) is 17.0 Å². The fraction of sp³-hybridized carbons (Fsp3) is 0.440. The van der Waals surface area contributed by atoms with Crippen molar-refractivity contribution in [2.24, 2.45) is 0 Å². The van der Waals surface area contributed by atoms with Gasteiger partial charge in [0.05, 0.1) is 5.56 Å². The largest absolute Gasteiger partial charge is 0.478 e. The number of hydrogen-bond donors (Lipinski definition) is 2. The van der Waals surface area contributed by atoms with Crippen molar-refractivity contribution in [3.8, 4) is 0 Å². The quantitative estimate of drug-likeness (QED) is 0.249. The molecule has 0 aromatic heterocycles. The van der Waals surface area contributed by atoms with Crippen LogP contribution in [0, 0.1) is 0 Å². The molecule has 0 saturated carbocycles. The molecule has 0 aliphatic heterocycles. The maximum absolute atomic E-state index is 11.9. The highest BCUT2D eigenvalue weighted by molar-refractivity contribution is 5.92. The minimum atomic E-state index is -0.971. The topological polar surface area (TPSA) is 66.4 Å². The van der Waals surface area contributed by atoms with Crippen LogP contribution >= 0.6 is 0 Å². The molecular weight excluding hydrogens is 362 g/mol. The number of carboxylic acid groups (broad SMARTS) is 1. The Morgan fingerprint density at radius 1 is 0.828 bits per heavy atom. The molecule has 0 saturated heterocycles. The fourth-order valence-electron chi connectivity index (χ4n) is 2.76. The molecular formula is C25H35NO3. The second-order valence-corrected chi connectivity index (χ2v) is 7.06. The van der Waals surface area contributed by atoms with E-state index in [2.05, 4.69) is 48.7 Å². The van der Waals surface area contributed by atoms with E-state index in [1.165, 1.54) is 37.8 Å². The predicted molar refractivity (Wildman–Crippen MR) is 121 cm³/mol. The first-order chi connectivity index (χ1) is 14.1. The van der Waals surface area contributed by atoms with E-state index in [4.69, 9.17) is 5.11 Å². The third-order valence-corrected chi connectivity index (χ3v) is 4.46. The van der Waals surface area contributed by atoms with Crippen LogP contribution in [0.4, 0.5) is 5.69 Å². The van der Waals surface area contributed by atoms with Gasteiger partial charge in [-0.05, 0) is 69.2 Å². The second kappa shape index (κ2) is 16.3. The summed E-state index contributed by atoms with van der Waals surface area (Å²) in [6, 6.07) is 6.20. The van der Waals surface area contributed by atoms with Crippen LogP contribution in [0.3, 0.4) is 0 Å². The highest BCUT2D eigenvalue weighted by Gasteiger charge is 2.04. The van der Waals surface area contributed by atoms with Crippen LogP contribution in [0.15, 0.2) is 60.7 Å². The number of benzene rings is 1. The van der Waals surface area contributed by atoms with Gasteiger partial charge in [0.2, 0.25) is 5.91 Å². The monoisotopic (exact) mass is 397 g/mol. The zero-order chi connectivity index (χ0) is 21.2.